The van der Waals surface area contributed by atoms with E-state index in [1.165, 1.54) is 0 Å². The third kappa shape index (κ3) is 3.81. The molecule has 0 aromatic carbocycles. The van der Waals surface area contributed by atoms with Crippen molar-refractivity contribution in [1.82, 2.24) is 19.9 Å². The van der Waals surface area contributed by atoms with Gasteiger partial charge in [0.15, 0.2) is 0 Å². The molecule has 0 saturated carbocycles. The molecule has 0 aliphatic heterocycles. The van der Waals surface area contributed by atoms with E-state index in [-0.39, 0.29) is 5.91 Å². The highest BCUT2D eigenvalue weighted by Gasteiger charge is 2.06. The monoisotopic (exact) mass is 273 g/mol. The van der Waals surface area contributed by atoms with Crippen LogP contribution in [0.25, 0.3) is 0 Å². The molecule has 0 atom stereocenters. The highest BCUT2D eigenvalue weighted by Crippen LogP contribution is 2.07. The topological polar surface area (TPSA) is 63.1 Å². The number of aromatic nitrogens is 3. The van der Waals surface area contributed by atoms with E-state index in [4.69, 9.17) is 0 Å². The molecule has 106 valence electrons. The maximum absolute atomic E-state index is 11.9. The SMILES string of the molecule is CN(C)c1ccc(C(=O)NCCCn2ccnc2)cn1. The first-order valence-electron chi connectivity index (χ1n) is 6.54. The Morgan fingerprint density at radius 1 is 1.40 bits per heavy atom. The molecule has 1 N–H and O–H groups in total. The lowest BCUT2D eigenvalue weighted by molar-refractivity contribution is 0.0952. The van der Waals surface area contributed by atoms with E-state index in [0.717, 1.165) is 18.8 Å². The van der Waals surface area contributed by atoms with Crippen LogP contribution in [0.3, 0.4) is 0 Å². The minimum atomic E-state index is -0.0894. The van der Waals surface area contributed by atoms with Gasteiger partial charge in [0.2, 0.25) is 0 Å². The molecule has 0 unspecified atom stereocenters. The molecule has 2 aromatic heterocycles. The summed E-state index contributed by atoms with van der Waals surface area (Å²) >= 11 is 0. The van der Waals surface area contributed by atoms with Crippen molar-refractivity contribution in [2.45, 2.75) is 13.0 Å². The van der Waals surface area contributed by atoms with Crippen LogP contribution in [0.1, 0.15) is 16.8 Å². The van der Waals surface area contributed by atoms with Gasteiger partial charge in [0.25, 0.3) is 5.91 Å². The van der Waals surface area contributed by atoms with E-state index >= 15 is 0 Å². The van der Waals surface area contributed by atoms with Crippen molar-refractivity contribution in [3.63, 3.8) is 0 Å². The molecule has 0 radical (unpaired) electrons. The first kappa shape index (κ1) is 14.0. The van der Waals surface area contributed by atoms with E-state index in [0.29, 0.717) is 12.1 Å². The van der Waals surface area contributed by atoms with Crippen molar-refractivity contribution < 1.29 is 4.79 Å². The fourth-order valence-electron chi connectivity index (χ4n) is 1.77. The number of pyridine rings is 1. The fraction of sp³-hybridized carbons (Fsp3) is 0.357. The van der Waals surface area contributed by atoms with Crippen molar-refractivity contribution in [3.8, 4) is 0 Å². The Labute approximate surface area is 118 Å². The smallest absolute Gasteiger partial charge is 0.252 e. The predicted molar refractivity (Wildman–Crippen MR) is 77.7 cm³/mol. The maximum atomic E-state index is 11.9. The zero-order valence-electron chi connectivity index (χ0n) is 11.8. The first-order chi connectivity index (χ1) is 9.66. The van der Waals surface area contributed by atoms with Gasteiger partial charge in [-0.3, -0.25) is 4.79 Å². The second-order valence-electron chi connectivity index (χ2n) is 4.71. The van der Waals surface area contributed by atoms with E-state index in [9.17, 15) is 4.79 Å². The van der Waals surface area contributed by atoms with Gasteiger partial charge >= 0.3 is 0 Å². The number of carbonyl (C=O) groups is 1. The number of carbonyl (C=O) groups excluding carboxylic acids is 1. The fourth-order valence-corrected chi connectivity index (χ4v) is 1.77. The van der Waals surface area contributed by atoms with Crippen LogP contribution in [0.2, 0.25) is 0 Å². The minimum Gasteiger partial charge on any atom is -0.363 e. The van der Waals surface area contributed by atoms with Crippen molar-refractivity contribution >= 4 is 11.7 Å². The molecule has 2 aromatic rings. The molecule has 6 heteroatoms. The molecule has 6 nitrogen and oxygen atoms in total. The van der Waals surface area contributed by atoms with Gasteiger partial charge in [0.1, 0.15) is 5.82 Å². The van der Waals surface area contributed by atoms with E-state index in [1.54, 1.807) is 24.8 Å². The molecular weight excluding hydrogens is 254 g/mol. The summed E-state index contributed by atoms with van der Waals surface area (Å²) in [7, 11) is 3.83. The molecular formula is C14H19N5O. The first-order valence-corrected chi connectivity index (χ1v) is 6.54. The Bertz CT molecular complexity index is 533. The number of hydrogen-bond donors (Lipinski definition) is 1. The lowest BCUT2D eigenvalue weighted by Gasteiger charge is -2.11. The average molecular weight is 273 g/mol. The molecule has 0 aliphatic rings. The van der Waals surface area contributed by atoms with Crippen LogP contribution in [0.15, 0.2) is 37.1 Å². The lowest BCUT2D eigenvalue weighted by atomic mass is 10.2. The number of rotatable bonds is 6. The summed E-state index contributed by atoms with van der Waals surface area (Å²) in [6.07, 6.45) is 7.89. The van der Waals surface area contributed by atoms with Gasteiger partial charge in [0.05, 0.1) is 11.9 Å². The van der Waals surface area contributed by atoms with Crippen molar-refractivity contribution in [3.05, 3.63) is 42.6 Å². The maximum Gasteiger partial charge on any atom is 0.252 e. The molecule has 0 fully saturated rings. The summed E-state index contributed by atoms with van der Waals surface area (Å²) in [5, 5.41) is 2.88. The van der Waals surface area contributed by atoms with Crippen molar-refractivity contribution in [1.29, 1.82) is 0 Å². The van der Waals surface area contributed by atoms with Crippen LogP contribution >= 0.6 is 0 Å². The molecule has 0 bridgehead atoms. The molecule has 0 saturated heterocycles. The summed E-state index contributed by atoms with van der Waals surface area (Å²) in [5.74, 6) is 0.745. The molecule has 1 amide bonds. The van der Waals surface area contributed by atoms with Gasteiger partial charge in [-0.25, -0.2) is 9.97 Å². The second kappa shape index (κ2) is 6.70. The largest absolute Gasteiger partial charge is 0.363 e. The molecule has 2 rings (SSSR count). The zero-order valence-corrected chi connectivity index (χ0v) is 11.8. The van der Waals surface area contributed by atoms with Crippen molar-refractivity contribution in [2.24, 2.45) is 0 Å². The highest BCUT2D eigenvalue weighted by molar-refractivity contribution is 5.94. The standard InChI is InChI=1S/C14H19N5O/c1-18(2)13-5-4-12(10-17-13)14(20)16-6-3-8-19-9-7-15-11-19/h4-5,7,9-11H,3,6,8H2,1-2H3,(H,16,20). The third-order valence-electron chi connectivity index (χ3n) is 2.91. The number of hydrogen-bond acceptors (Lipinski definition) is 4. The summed E-state index contributed by atoms with van der Waals surface area (Å²) in [6, 6.07) is 3.62. The summed E-state index contributed by atoms with van der Waals surface area (Å²) < 4.78 is 1.99. The van der Waals surface area contributed by atoms with Crippen LogP contribution in [0, 0.1) is 0 Å². The van der Waals surface area contributed by atoms with Gasteiger partial charge in [-0.05, 0) is 18.6 Å². The van der Waals surface area contributed by atoms with Crippen LogP contribution in [-0.4, -0.2) is 41.1 Å². The molecule has 0 aliphatic carbocycles. The van der Waals surface area contributed by atoms with Gasteiger partial charge < -0.3 is 14.8 Å². The van der Waals surface area contributed by atoms with Crippen LogP contribution in [0.4, 0.5) is 5.82 Å². The van der Waals surface area contributed by atoms with E-state index in [1.807, 2.05) is 35.8 Å². The summed E-state index contributed by atoms with van der Waals surface area (Å²) in [5.41, 5.74) is 0.582. The van der Waals surface area contributed by atoms with Gasteiger partial charge in [-0.1, -0.05) is 0 Å². The van der Waals surface area contributed by atoms with E-state index < -0.39 is 0 Å². The predicted octanol–water partition coefficient (Wildman–Crippen LogP) is 1.16. The highest BCUT2D eigenvalue weighted by atomic mass is 16.1. The van der Waals surface area contributed by atoms with Crippen LogP contribution in [0.5, 0.6) is 0 Å². The third-order valence-corrected chi connectivity index (χ3v) is 2.91. The van der Waals surface area contributed by atoms with Gasteiger partial charge in [-0.15, -0.1) is 0 Å². The average Bonchev–Trinajstić information content (AvgIpc) is 2.96. The van der Waals surface area contributed by atoms with Crippen molar-refractivity contribution in [2.75, 3.05) is 25.5 Å². The number of amides is 1. The second-order valence-corrected chi connectivity index (χ2v) is 4.71. The zero-order chi connectivity index (χ0) is 14.4. The van der Waals surface area contributed by atoms with Crippen LogP contribution in [-0.2, 0) is 6.54 Å². The number of aryl methyl sites for hydroxylation is 1. The van der Waals surface area contributed by atoms with Gasteiger partial charge in [-0.2, -0.15) is 0 Å². The number of imidazole rings is 1. The minimum absolute atomic E-state index is 0.0894. The number of nitrogens with one attached hydrogen (secondary N) is 1. The molecule has 20 heavy (non-hydrogen) atoms. The molecule has 0 spiro atoms. The normalized spacial score (nSPS) is 10.3. The molecule has 2 heterocycles. The number of anilines is 1. The summed E-state index contributed by atoms with van der Waals surface area (Å²) in [4.78, 5) is 22.0. The van der Waals surface area contributed by atoms with Crippen LogP contribution < -0.4 is 10.2 Å². The Kier molecular flexibility index (Phi) is 4.70. The summed E-state index contributed by atoms with van der Waals surface area (Å²) in [6.45, 7) is 1.48. The Morgan fingerprint density at radius 2 is 2.25 bits per heavy atom. The van der Waals surface area contributed by atoms with E-state index in [2.05, 4.69) is 15.3 Å². The quantitative estimate of drug-likeness (QED) is 0.802. The van der Waals surface area contributed by atoms with Gasteiger partial charge in [0, 0.05) is 45.8 Å². The Balaban J connectivity index is 1.76. The Morgan fingerprint density at radius 3 is 2.85 bits per heavy atom. The lowest BCUT2D eigenvalue weighted by Crippen LogP contribution is -2.25. The Hall–Kier alpha value is -2.37. The number of nitrogens with zero attached hydrogens (tertiary/aromatic N) is 4.